The van der Waals surface area contributed by atoms with Gasteiger partial charge < -0.3 is 15.5 Å². The summed E-state index contributed by atoms with van der Waals surface area (Å²) in [5.41, 5.74) is 2.98. The van der Waals surface area contributed by atoms with E-state index in [0.29, 0.717) is 17.8 Å². The Bertz CT molecular complexity index is 878. The lowest BCUT2D eigenvalue weighted by Crippen LogP contribution is -2.28. The van der Waals surface area contributed by atoms with E-state index in [1.54, 1.807) is 36.2 Å². The SMILES string of the molecule is CCc1ccccc1N1CC(C(=O)Nc2cccc(C(=O)NC)c2)CC1=O. The van der Waals surface area contributed by atoms with E-state index in [0.717, 1.165) is 17.7 Å². The molecule has 0 saturated carbocycles. The molecule has 0 radical (unpaired) electrons. The highest BCUT2D eigenvalue weighted by atomic mass is 16.2. The Morgan fingerprint density at radius 3 is 2.67 bits per heavy atom. The molecule has 1 fully saturated rings. The van der Waals surface area contributed by atoms with Gasteiger partial charge >= 0.3 is 0 Å². The van der Waals surface area contributed by atoms with Crippen LogP contribution in [0.5, 0.6) is 0 Å². The standard InChI is InChI=1S/C21H23N3O3/c1-3-14-7-4-5-10-18(14)24-13-16(12-19(24)25)21(27)23-17-9-6-8-15(11-17)20(26)22-2/h4-11,16H,3,12-13H2,1-2H3,(H,22,26)(H,23,27). The summed E-state index contributed by atoms with van der Waals surface area (Å²) in [5.74, 6) is -0.903. The van der Waals surface area contributed by atoms with Crippen molar-refractivity contribution >= 4 is 29.1 Å². The van der Waals surface area contributed by atoms with Crippen LogP contribution in [0, 0.1) is 5.92 Å². The van der Waals surface area contributed by atoms with E-state index < -0.39 is 5.92 Å². The first-order chi connectivity index (χ1) is 13.0. The minimum Gasteiger partial charge on any atom is -0.355 e. The highest BCUT2D eigenvalue weighted by Crippen LogP contribution is 2.29. The molecule has 6 nitrogen and oxygen atoms in total. The Morgan fingerprint density at radius 1 is 1.15 bits per heavy atom. The molecule has 1 atom stereocenters. The summed E-state index contributed by atoms with van der Waals surface area (Å²) in [5, 5.41) is 5.38. The first-order valence-corrected chi connectivity index (χ1v) is 9.04. The van der Waals surface area contributed by atoms with Gasteiger partial charge in [0.25, 0.3) is 5.91 Å². The van der Waals surface area contributed by atoms with Gasteiger partial charge in [0.15, 0.2) is 0 Å². The maximum absolute atomic E-state index is 12.7. The van der Waals surface area contributed by atoms with Gasteiger partial charge in [0, 0.05) is 37.0 Å². The number of aryl methyl sites for hydroxylation is 1. The number of nitrogens with one attached hydrogen (secondary N) is 2. The molecule has 0 aromatic heterocycles. The molecule has 2 aromatic carbocycles. The number of nitrogens with zero attached hydrogens (tertiary/aromatic N) is 1. The third kappa shape index (κ3) is 4.00. The van der Waals surface area contributed by atoms with Crippen LogP contribution in [0.1, 0.15) is 29.3 Å². The Hall–Kier alpha value is -3.15. The van der Waals surface area contributed by atoms with Gasteiger partial charge in [-0.05, 0) is 36.2 Å². The summed E-state index contributed by atoms with van der Waals surface area (Å²) >= 11 is 0. The lowest BCUT2D eigenvalue weighted by Gasteiger charge is -2.20. The zero-order valence-electron chi connectivity index (χ0n) is 15.5. The van der Waals surface area contributed by atoms with Crippen molar-refractivity contribution in [3.8, 4) is 0 Å². The maximum Gasteiger partial charge on any atom is 0.251 e. The van der Waals surface area contributed by atoms with Gasteiger partial charge in [-0.2, -0.15) is 0 Å². The second-order valence-electron chi connectivity index (χ2n) is 6.54. The van der Waals surface area contributed by atoms with E-state index >= 15 is 0 Å². The van der Waals surface area contributed by atoms with E-state index in [1.165, 1.54) is 0 Å². The van der Waals surface area contributed by atoms with Crippen molar-refractivity contribution < 1.29 is 14.4 Å². The molecule has 1 saturated heterocycles. The van der Waals surface area contributed by atoms with Gasteiger partial charge in [0.05, 0.1) is 5.92 Å². The number of benzene rings is 2. The molecule has 1 unspecified atom stereocenters. The predicted molar refractivity (Wildman–Crippen MR) is 105 cm³/mol. The second kappa shape index (κ2) is 8.03. The van der Waals surface area contributed by atoms with E-state index in [9.17, 15) is 14.4 Å². The van der Waals surface area contributed by atoms with Crippen LogP contribution in [0.2, 0.25) is 0 Å². The molecule has 0 bridgehead atoms. The van der Waals surface area contributed by atoms with Crippen LogP contribution in [-0.2, 0) is 16.0 Å². The van der Waals surface area contributed by atoms with Crippen LogP contribution in [0.25, 0.3) is 0 Å². The van der Waals surface area contributed by atoms with Gasteiger partial charge in [-0.25, -0.2) is 0 Å². The van der Waals surface area contributed by atoms with Crippen molar-refractivity contribution in [3.05, 3.63) is 59.7 Å². The van der Waals surface area contributed by atoms with Gasteiger partial charge in [0.2, 0.25) is 11.8 Å². The molecule has 0 spiro atoms. The molecule has 3 rings (SSSR count). The van der Waals surface area contributed by atoms with Gasteiger partial charge in [0.1, 0.15) is 0 Å². The number of rotatable bonds is 5. The topological polar surface area (TPSA) is 78.5 Å². The van der Waals surface area contributed by atoms with Crippen LogP contribution < -0.4 is 15.5 Å². The molecule has 1 heterocycles. The maximum atomic E-state index is 12.7. The van der Waals surface area contributed by atoms with Crippen LogP contribution in [0.4, 0.5) is 11.4 Å². The fraction of sp³-hybridized carbons (Fsp3) is 0.286. The highest BCUT2D eigenvalue weighted by Gasteiger charge is 2.35. The molecule has 3 amide bonds. The van der Waals surface area contributed by atoms with Crippen molar-refractivity contribution in [2.45, 2.75) is 19.8 Å². The minimum absolute atomic E-state index is 0.0461. The smallest absolute Gasteiger partial charge is 0.251 e. The van der Waals surface area contributed by atoms with Crippen molar-refractivity contribution in [2.24, 2.45) is 5.92 Å². The molecule has 6 heteroatoms. The quantitative estimate of drug-likeness (QED) is 0.855. The number of hydrogen-bond acceptors (Lipinski definition) is 3. The zero-order valence-corrected chi connectivity index (χ0v) is 15.5. The Morgan fingerprint density at radius 2 is 1.93 bits per heavy atom. The normalized spacial score (nSPS) is 16.3. The fourth-order valence-corrected chi connectivity index (χ4v) is 3.32. The molecule has 27 heavy (non-hydrogen) atoms. The number of carbonyl (C=O) groups excluding carboxylic acids is 3. The largest absolute Gasteiger partial charge is 0.355 e. The Balaban J connectivity index is 1.72. The Kier molecular flexibility index (Phi) is 5.54. The Labute approximate surface area is 158 Å². The number of para-hydroxylation sites is 1. The first kappa shape index (κ1) is 18.6. The zero-order chi connectivity index (χ0) is 19.4. The van der Waals surface area contributed by atoms with E-state index in [4.69, 9.17) is 0 Å². The van der Waals surface area contributed by atoms with Crippen LogP contribution >= 0.6 is 0 Å². The summed E-state index contributed by atoms with van der Waals surface area (Å²) in [6.07, 6.45) is 1.00. The third-order valence-corrected chi connectivity index (χ3v) is 4.78. The van der Waals surface area contributed by atoms with Gasteiger partial charge in [-0.1, -0.05) is 31.2 Å². The lowest BCUT2D eigenvalue weighted by molar-refractivity contribution is -0.122. The summed E-state index contributed by atoms with van der Waals surface area (Å²) in [7, 11) is 1.56. The molecular weight excluding hydrogens is 342 g/mol. The molecule has 1 aliphatic rings. The van der Waals surface area contributed by atoms with Crippen LogP contribution in [-0.4, -0.2) is 31.3 Å². The third-order valence-electron chi connectivity index (χ3n) is 4.78. The molecule has 140 valence electrons. The van der Waals surface area contributed by atoms with Crippen molar-refractivity contribution in [2.75, 3.05) is 23.8 Å². The molecular formula is C21H23N3O3. The van der Waals surface area contributed by atoms with E-state index in [-0.39, 0.29) is 24.1 Å². The average molecular weight is 365 g/mol. The van der Waals surface area contributed by atoms with E-state index in [2.05, 4.69) is 10.6 Å². The monoisotopic (exact) mass is 365 g/mol. The van der Waals surface area contributed by atoms with Crippen LogP contribution in [0.3, 0.4) is 0 Å². The number of hydrogen-bond donors (Lipinski definition) is 2. The van der Waals surface area contributed by atoms with Gasteiger partial charge in [-0.3, -0.25) is 14.4 Å². The lowest BCUT2D eigenvalue weighted by atomic mass is 10.1. The van der Waals surface area contributed by atoms with E-state index in [1.807, 2.05) is 31.2 Å². The number of carbonyl (C=O) groups is 3. The molecule has 0 aliphatic carbocycles. The summed E-state index contributed by atoms with van der Waals surface area (Å²) < 4.78 is 0. The summed E-state index contributed by atoms with van der Waals surface area (Å²) in [4.78, 5) is 38.6. The molecule has 2 N–H and O–H groups in total. The molecule has 2 aromatic rings. The minimum atomic E-state index is -0.425. The summed E-state index contributed by atoms with van der Waals surface area (Å²) in [6.45, 7) is 2.40. The van der Waals surface area contributed by atoms with Crippen LogP contribution in [0.15, 0.2) is 48.5 Å². The predicted octanol–water partition coefficient (Wildman–Crippen LogP) is 2.60. The molecule has 1 aliphatic heterocycles. The van der Waals surface area contributed by atoms with Crippen molar-refractivity contribution in [1.82, 2.24) is 5.32 Å². The highest BCUT2D eigenvalue weighted by molar-refractivity contribution is 6.04. The average Bonchev–Trinajstić information content (AvgIpc) is 3.09. The fourth-order valence-electron chi connectivity index (χ4n) is 3.32. The second-order valence-corrected chi connectivity index (χ2v) is 6.54. The summed E-state index contributed by atoms with van der Waals surface area (Å²) in [6, 6.07) is 14.5. The number of amides is 3. The van der Waals surface area contributed by atoms with Crippen molar-refractivity contribution in [3.63, 3.8) is 0 Å². The van der Waals surface area contributed by atoms with Crippen molar-refractivity contribution in [1.29, 1.82) is 0 Å². The first-order valence-electron chi connectivity index (χ1n) is 9.04. The number of anilines is 2. The van der Waals surface area contributed by atoms with Gasteiger partial charge in [-0.15, -0.1) is 0 Å².